The van der Waals surface area contributed by atoms with Crippen molar-refractivity contribution < 1.29 is 19.1 Å². The van der Waals surface area contributed by atoms with Gasteiger partial charge in [-0.15, -0.1) is 0 Å². The van der Waals surface area contributed by atoms with E-state index in [9.17, 15) is 14.7 Å². The van der Waals surface area contributed by atoms with Gasteiger partial charge in [0.1, 0.15) is 11.1 Å². The molecule has 0 atom stereocenters. The molecule has 0 bridgehead atoms. The van der Waals surface area contributed by atoms with E-state index in [0.717, 1.165) is 22.5 Å². The number of furan rings is 1. The number of aliphatic carboxylic acids is 1. The lowest BCUT2D eigenvalue weighted by Gasteiger charge is -2.33. The first-order valence-electron chi connectivity index (χ1n) is 7.15. The fraction of sp³-hybridized carbons (Fsp3) is 0.375. The number of para-hydroxylation sites is 1. The number of fused-ring (bicyclic) bond motifs is 1. The minimum atomic E-state index is -1.18. The number of carbonyl (C=O) groups is 2. The van der Waals surface area contributed by atoms with E-state index in [0.29, 0.717) is 18.4 Å². The molecule has 22 heavy (non-hydrogen) atoms. The summed E-state index contributed by atoms with van der Waals surface area (Å²) >= 11 is 1.71. The molecule has 1 aliphatic heterocycles. The minimum Gasteiger partial charge on any atom is -0.480 e. The van der Waals surface area contributed by atoms with Crippen LogP contribution in [0.5, 0.6) is 0 Å². The maximum absolute atomic E-state index is 12.4. The number of hydrogen-bond donors (Lipinski definition) is 2. The van der Waals surface area contributed by atoms with Crippen molar-refractivity contribution in [3.8, 4) is 0 Å². The standard InChI is InChI=1S/C16H17NO4S/c1-10-3-2-4-11-9-12(21-13(10)11)14(18)17-16(15(19)20)5-7-22-8-6-16/h2-4,9H,5-8H2,1H3,(H,17,18)(H,19,20). The van der Waals surface area contributed by atoms with Crippen molar-refractivity contribution in [2.75, 3.05) is 11.5 Å². The topological polar surface area (TPSA) is 79.5 Å². The monoisotopic (exact) mass is 319 g/mol. The molecule has 2 N–H and O–H groups in total. The van der Waals surface area contributed by atoms with Crippen molar-refractivity contribution in [1.82, 2.24) is 5.32 Å². The molecule has 0 radical (unpaired) electrons. The zero-order valence-corrected chi connectivity index (χ0v) is 13.0. The number of nitrogens with one attached hydrogen (secondary N) is 1. The van der Waals surface area contributed by atoms with E-state index in [1.165, 1.54) is 0 Å². The van der Waals surface area contributed by atoms with Crippen LogP contribution in [0, 0.1) is 6.92 Å². The van der Waals surface area contributed by atoms with Crippen LogP contribution in [0.1, 0.15) is 29.0 Å². The molecular formula is C16H17NO4S. The first-order chi connectivity index (χ1) is 10.5. The number of hydrogen-bond acceptors (Lipinski definition) is 4. The number of benzene rings is 1. The van der Waals surface area contributed by atoms with Crippen molar-refractivity contribution in [1.29, 1.82) is 0 Å². The molecule has 1 aromatic heterocycles. The number of rotatable bonds is 3. The summed E-state index contributed by atoms with van der Waals surface area (Å²) < 4.78 is 5.62. The highest BCUT2D eigenvalue weighted by Gasteiger charge is 2.41. The Morgan fingerprint density at radius 1 is 1.32 bits per heavy atom. The number of carbonyl (C=O) groups excluding carboxylic acids is 1. The fourth-order valence-corrected chi connectivity index (χ4v) is 3.90. The Kier molecular flexibility index (Phi) is 3.87. The third kappa shape index (κ3) is 2.59. The Morgan fingerprint density at radius 3 is 2.68 bits per heavy atom. The van der Waals surface area contributed by atoms with Crippen molar-refractivity contribution in [2.24, 2.45) is 0 Å². The van der Waals surface area contributed by atoms with Crippen LogP contribution in [0.4, 0.5) is 0 Å². The van der Waals surface area contributed by atoms with Crippen molar-refractivity contribution in [3.05, 3.63) is 35.6 Å². The molecule has 6 heteroatoms. The second-order valence-corrected chi connectivity index (χ2v) is 6.78. The zero-order valence-electron chi connectivity index (χ0n) is 12.2. The van der Waals surface area contributed by atoms with Crippen LogP contribution in [-0.4, -0.2) is 34.0 Å². The Labute approximate surface area is 132 Å². The normalized spacial score (nSPS) is 17.3. The zero-order chi connectivity index (χ0) is 15.7. The molecule has 116 valence electrons. The molecule has 1 saturated heterocycles. The minimum absolute atomic E-state index is 0.156. The van der Waals surface area contributed by atoms with Crippen molar-refractivity contribution >= 4 is 34.6 Å². The predicted molar refractivity (Wildman–Crippen MR) is 85.3 cm³/mol. The average molecular weight is 319 g/mol. The summed E-state index contributed by atoms with van der Waals surface area (Å²) in [4.78, 5) is 24.0. The number of amides is 1. The van der Waals surface area contributed by atoms with E-state index >= 15 is 0 Å². The molecule has 1 aromatic carbocycles. The number of thioether (sulfide) groups is 1. The van der Waals surface area contributed by atoms with E-state index in [2.05, 4.69) is 5.32 Å². The molecule has 0 spiro atoms. The number of carboxylic acid groups (broad SMARTS) is 1. The first kappa shape index (κ1) is 15.0. The molecule has 1 amide bonds. The first-order valence-corrected chi connectivity index (χ1v) is 8.30. The Morgan fingerprint density at radius 2 is 2.05 bits per heavy atom. The van der Waals surface area contributed by atoms with E-state index < -0.39 is 17.4 Å². The molecule has 0 aliphatic carbocycles. The Balaban J connectivity index is 1.88. The summed E-state index contributed by atoms with van der Waals surface area (Å²) in [6, 6.07) is 7.33. The van der Waals surface area contributed by atoms with E-state index in [4.69, 9.17) is 4.42 Å². The van der Waals surface area contributed by atoms with Crippen LogP contribution in [0.25, 0.3) is 11.0 Å². The third-order valence-electron chi connectivity index (χ3n) is 4.07. The molecule has 1 aliphatic rings. The van der Waals surface area contributed by atoms with Gasteiger partial charge in [0.05, 0.1) is 0 Å². The highest BCUT2D eigenvalue weighted by atomic mass is 32.2. The lowest BCUT2D eigenvalue weighted by atomic mass is 9.92. The highest BCUT2D eigenvalue weighted by Crippen LogP contribution is 2.29. The van der Waals surface area contributed by atoms with Crippen LogP contribution in [0.3, 0.4) is 0 Å². The summed E-state index contributed by atoms with van der Waals surface area (Å²) in [6.45, 7) is 1.91. The number of aryl methyl sites for hydroxylation is 1. The molecule has 2 heterocycles. The Bertz CT molecular complexity index is 731. The summed E-state index contributed by atoms with van der Waals surface area (Å²) in [5.74, 6) is 0.166. The maximum atomic E-state index is 12.4. The highest BCUT2D eigenvalue weighted by molar-refractivity contribution is 7.99. The van der Waals surface area contributed by atoms with Gasteiger partial charge in [-0.1, -0.05) is 18.2 Å². The van der Waals surface area contributed by atoms with Crippen LogP contribution in [0.2, 0.25) is 0 Å². The van der Waals surface area contributed by atoms with Crippen LogP contribution in [-0.2, 0) is 4.79 Å². The van der Waals surface area contributed by atoms with Crippen molar-refractivity contribution in [3.63, 3.8) is 0 Å². The molecule has 0 unspecified atom stereocenters. The fourth-order valence-electron chi connectivity index (χ4n) is 2.71. The van der Waals surface area contributed by atoms with Gasteiger partial charge in [0.15, 0.2) is 5.76 Å². The summed E-state index contributed by atoms with van der Waals surface area (Å²) in [7, 11) is 0. The summed E-state index contributed by atoms with van der Waals surface area (Å²) in [5.41, 5.74) is 0.422. The molecule has 5 nitrogen and oxygen atoms in total. The average Bonchev–Trinajstić information content (AvgIpc) is 2.94. The van der Waals surface area contributed by atoms with Crippen LogP contribution >= 0.6 is 11.8 Å². The largest absolute Gasteiger partial charge is 0.480 e. The van der Waals surface area contributed by atoms with Gasteiger partial charge in [0.25, 0.3) is 5.91 Å². The summed E-state index contributed by atoms with van der Waals surface area (Å²) in [6.07, 6.45) is 0.857. The molecule has 1 fully saturated rings. The van der Waals surface area contributed by atoms with Gasteiger partial charge in [-0.25, -0.2) is 4.79 Å². The smallest absolute Gasteiger partial charge is 0.329 e. The van der Waals surface area contributed by atoms with Gasteiger partial charge in [0.2, 0.25) is 0 Å². The van der Waals surface area contributed by atoms with E-state index in [1.54, 1.807) is 17.8 Å². The summed E-state index contributed by atoms with van der Waals surface area (Å²) in [5, 5.41) is 13.0. The molecule has 0 saturated carbocycles. The van der Waals surface area contributed by atoms with Gasteiger partial charge in [-0.3, -0.25) is 4.79 Å². The quantitative estimate of drug-likeness (QED) is 0.909. The number of carboxylic acids is 1. The lowest BCUT2D eigenvalue weighted by Crippen LogP contribution is -2.56. The second kappa shape index (κ2) is 5.68. The third-order valence-corrected chi connectivity index (χ3v) is 5.06. The van der Waals surface area contributed by atoms with E-state index in [1.807, 2.05) is 25.1 Å². The van der Waals surface area contributed by atoms with Gasteiger partial charge >= 0.3 is 5.97 Å². The Hall–Kier alpha value is -1.95. The van der Waals surface area contributed by atoms with Crippen LogP contribution < -0.4 is 5.32 Å². The van der Waals surface area contributed by atoms with E-state index in [-0.39, 0.29) is 5.76 Å². The predicted octanol–water partition coefficient (Wildman–Crippen LogP) is 2.82. The van der Waals surface area contributed by atoms with Crippen LogP contribution in [0.15, 0.2) is 28.7 Å². The molecule has 2 aromatic rings. The van der Waals surface area contributed by atoms with Gasteiger partial charge in [-0.2, -0.15) is 11.8 Å². The molecule has 3 rings (SSSR count). The molecular weight excluding hydrogens is 302 g/mol. The lowest BCUT2D eigenvalue weighted by molar-refractivity contribution is -0.144. The van der Waals surface area contributed by atoms with Gasteiger partial charge < -0.3 is 14.8 Å². The van der Waals surface area contributed by atoms with Gasteiger partial charge in [-0.05, 0) is 42.9 Å². The SMILES string of the molecule is Cc1cccc2cc(C(=O)NC3(C(=O)O)CCSCC3)oc12. The van der Waals surface area contributed by atoms with Crippen molar-refractivity contribution in [2.45, 2.75) is 25.3 Å². The second-order valence-electron chi connectivity index (χ2n) is 5.56. The maximum Gasteiger partial charge on any atom is 0.329 e. The van der Waals surface area contributed by atoms with Gasteiger partial charge in [0, 0.05) is 5.39 Å².